The summed E-state index contributed by atoms with van der Waals surface area (Å²) in [5.41, 5.74) is 2.03. The number of aromatic nitrogens is 3. The molecule has 1 aliphatic heterocycles. The Balaban J connectivity index is 1.37. The van der Waals surface area contributed by atoms with Crippen LogP contribution in [-0.2, 0) is 14.3 Å². The minimum absolute atomic E-state index is 0.0762. The Hall–Kier alpha value is -3.53. The van der Waals surface area contributed by atoms with Crippen LogP contribution in [0.4, 0.5) is 0 Å². The number of rotatable bonds is 7. The molecule has 1 fully saturated rings. The molecule has 1 aliphatic rings. The number of benzene rings is 1. The molecule has 34 heavy (non-hydrogen) atoms. The number of thiazole rings is 1. The van der Waals surface area contributed by atoms with Gasteiger partial charge in [-0.05, 0) is 31.9 Å². The zero-order valence-corrected chi connectivity index (χ0v) is 20.0. The van der Waals surface area contributed by atoms with Crippen molar-refractivity contribution in [2.75, 3.05) is 33.3 Å². The normalized spacial score (nSPS) is 15.7. The summed E-state index contributed by atoms with van der Waals surface area (Å²) in [4.78, 5) is 45.2. The quantitative estimate of drug-likeness (QED) is 0.482. The molecule has 0 N–H and O–H groups in total. The lowest BCUT2D eigenvalue weighted by Crippen LogP contribution is -2.47. The van der Waals surface area contributed by atoms with Crippen LogP contribution in [0.15, 0.2) is 48.1 Å². The average Bonchev–Trinajstić information content (AvgIpc) is 3.54. The molecule has 0 saturated carbocycles. The van der Waals surface area contributed by atoms with E-state index in [4.69, 9.17) is 4.74 Å². The summed E-state index contributed by atoms with van der Waals surface area (Å²) in [5, 5.41) is 6.75. The molecule has 0 bridgehead atoms. The van der Waals surface area contributed by atoms with Gasteiger partial charge in [0, 0.05) is 37.3 Å². The van der Waals surface area contributed by atoms with E-state index in [0.29, 0.717) is 31.1 Å². The first-order valence-electron chi connectivity index (χ1n) is 11.2. The van der Waals surface area contributed by atoms with Gasteiger partial charge in [-0.15, -0.1) is 11.3 Å². The van der Waals surface area contributed by atoms with Crippen LogP contribution >= 0.6 is 11.3 Å². The molecule has 0 aliphatic carbocycles. The number of amides is 2. The van der Waals surface area contributed by atoms with Gasteiger partial charge in [-0.2, -0.15) is 5.10 Å². The third-order valence-corrected chi connectivity index (χ3v) is 6.58. The molecule has 2 amide bonds. The van der Waals surface area contributed by atoms with E-state index in [1.165, 1.54) is 16.2 Å². The van der Waals surface area contributed by atoms with Crippen LogP contribution in [0.2, 0.25) is 0 Å². The molecule has 3 aromatic rings. The molecule has 0 spiro atoms. The van der Waals surface area contributed by atoms with Crippen LogP contribution in [0, 0.1) is 5.92 Å². The summed E-state index contributed by atoms with van der Waals surface area (Å²) < 4.78 is 6.85. The van der Waals surface area contributed by atoms with Crippen molar-refractivity contribution >= 4 is 29.1 Å². The number of carbonyl (C=O) groups excluding carboxylic acids is 3. The predicted octanol–water partition coefficient (Wildman–Crippen LogP) is 2.87. The maximum atomic E-state index is 12.9. The third-order valence-electron chi connectivity index (χ3n) is 5.69. The van der Waals surface area contributed by atoms with Gasteiger partial charge in [-0.25, -0.2) is 9.67 Å². The maximum absolute atomic E-state index is 12.9. The first-order valence-corrected chi connectivity index (χ1v) is 12.1. The third kappa shape index (κ3) is 5.33. The highest BCUT2D eigenvalue weighted by Crippen LogP contribution is 2.25. The highest BCUT2D eigenvalue weighted by molar-refractivity contribution is 7.13. The monoisotopic (exact) mass is 481 g/mol. The lowest BCUT2D eigenvalue weighted by Gasteiger charge is -2.32. The van der Waals surface area contributed by atoms with E-state index < -0.39 is 0 Å². The van der Waals surface area contributed by atoms with Crippen LogP contribution in [0.5, 0.6) is 0 Å². The molecule has 2 aromatic heterocycles. The van der Waals surface area contributed by atoms with E-state index in [1.54, 1.807) is 35.1 Å². The van der Waals surface area contributed by atoms with Crippen molar-refractivity contribution in [3.05, 3.63) is 53.8 Å². The van der Waals surface area contributed by atoms with E-state index in [2.05, 4.69) is 10.1 Å². The van der Waals surface area contributed by atoms with Crippen molar-refractivity contribution in [1.29, 1.82) is 0 Å². The maximum Gasteiger partial charge on any atom is 0.310 e. The molecular weight excluding hydrogens is 454 g/mol. The summed E-state index contributed by atoms with van der Waals surface area (Å²) in [6, 6.07) is 9.73. The van der Waals surface area contributed by atoms with E-state index in [1.807, 2.05) is 36.5 Å². The summed E-state index contributed by atoms with van der Waals surface area (Å²) in [6.45, 7) is 2.91. The largest absolute Gasteiger partial charge is 0.466 e. The molecule has 1 saturated heterocycles. The Morgan fingerprint density at radius 2 is 2.03 bits per heavy atom. The van der Waals surface area contributed by atoms with Crippen molar-refractivity contribution in [3.63, 3.8) is 0 Å². The second kappa shape index (κ2) is 10.6. The molecule has 0 radical (unpaired) electrons. The van der Waals surface area contributed by atoms with E-state index >= 15 is 0 Å². The molecule has 1 atom stereocenters. The zero-order valence-electron chi connectivity index (χ0n) is 19.2. The topological polar surface area (TPSA) is 97.6 Å². The van der Waals surface area contributed by atoms with Gasteiger partial charge in [0.1, 0.15) is 10.7 Å². The van der Waals surface area contributed by atoms with Crippen LogP contribution in [0.25, 0.3) is 16.3 Å². The Bertz CT molecular complexity index is 1160. The number of carbonyl (C=O) groups is 3. The van der Waals surface area contributed by atoms with Gasteiger partial charge >= 0.3 is 5.97 Å². The van der Waals surface area contributed by atoms with Gasteiger partial charge in [0.25, 0.3) is 5.91 Å². The van der Waals surface area contributed by atoms with Crippen LogP contribution in [-0.4, -0.2) is 75.6 Å². The smallest absolute Gasteiger partial charge is 0.310 e. The summed E-state index contributed by atoms with van der Waals surface area (Å²) in [6.07, 6.45) is 5.02. The number of piperidine rings is 1. The van der Waals surface area contributed by atoms with Gasteiger partial charge in [-0.3, -0.25) is 14.4 Å². The van der Waals surface area contributed by atoms with Crippen molar-refractivity contribution in [3.8, 4) is 16.3 Å². The Kier molecular flexibility index (Phi) is 7.36. The fourth-order valence-corrected chi connectivity index (χ4v) is 4.66. The number of esters is 1. The molecule has 4 rings (SSSR count). The minimum atomic E-state index is -0.328. The second-order valence-corrected chi connectivity index (χ2v) is 9.00. The average molecular weight is 482 g/mol. The summed E-state index contributed by atoms with van der Waals surface area (Å²) >= 11 is 1.35. The van der Waals surface area contributed by atoms with Gasteiger partial charge in [0.15, 0.2) is 0 Å². The number of nitrogens with zero attached hydrogens (tertiary/aromatic N) is 5. The van der Waals surface area contributed by atoms with E-state index in [9.17, 15) is 14.4 Å². The molecule has 1 aromatic carbocycles. The highest BCUT2D eigenvalue weighted by Gasteiger charge is 2.30. The molecule has 10 heteroatoms. The number of likely N-dealkylation sites (N-methyl/N-ethyl adjacent to an activating group) is 1. The van der Waals surface area contributed by atoms with Gasteiger partial charge in [0.2, 0.25) is 5.91 Å². The second-order valence-electron chi connectivity index (χ2n) is 8.14. The van der Waals surface area contributed by atoms with Crippen LogP contribution in [0.1, 0.15) is 30.3 Å². The first kappa shape index (κ1) is 23.6. The Morgan fingerprint density at radius 3 is 2.79 bits per heavy atom. The van der Waals surface area contributed by atoms with Crippen molar-refractivity contribution in [2.24, 2.45) is 5.92 Å². The number of ether oxygens (including phenoxy) is 1. The standard InChI is InChI=1S/C24H27N5O4S/c1-3-33-24(32)17-8-7-11-28(13-17)21(30)15-27(2)23(31)20-16-34-22(26-20)18-12-25-29(14-18)19-9-5-4-6-10-19/h4-6,9-10,12,14,16-17H,3,7-8,11,13,15H2,1-2H3. The van der Waals surface area contributed by atoms with Crippen molar-refractivity contribution in [2.45, 2.75) is 19.8 Å². The summed E-state index contributed by atoms with van der Waals surface area (Å²) in [5.74, 6) is -1.10. The van der Waals surface area contributed by atoms with Crippen molar-refractivity contribution < 1.29 is 19.1 Å². The fraction of sp³-hybridized carbons (Fsp3) is 0.375. The molecule has 3 heterocycles. The van der Waals surface area contributed by atoms with Gasteiger partial charge < -0.3 is 14.5 Å². The number of hydrogen-bond acceptors (Lipinski definition) is 7. The van der Waals surface area contributed by atoms with Gasteiger partial charge in [0.05, 0.1) is 31.0 Å². The summed E-state index contributed by atoms with van der Waals surface area (Å²) in [7, 11) is 1.58. The predicted molar refractivity (Wildman–Crippen MR) is 128 cm³/mol. The molecule has 178 valence electrons. The van der Waals surface area contributed by atoms with Gasteiger partial charge in [-0.1, -0.05) is 18.2 Å². The Morgan fingerprint density at radius 1 is 1.24 bits per heavy atom. The van der Waals surface area contributed by atoms with Crippen LogP contribution in [0.3, 0.4) is 0 Å². The zero-order chi connectivity index (χ0) is 24.1. The SMILES string of the molecule is CCOC(=O)C1CCCN(C(=O)CN(C)C(=O)c2csc(-c3cnn(-c4ccccc4)c3)n2)C1. The van der Waals surface area contributed by atoms with E-state index in [-0.39, 0.29) is 35.9 Å². The molecular formula is C24H27N5O4S. The van der Waals surface area contributed by atoms with Crippen LogP contribution < -0.4 is 0 Å². The Labute approximate surface area is 202 Å². The molecule has 9 nitrogen and oxygen atoms in total. The van der Waals surface area contributed by atoms with Crippen molar-refractivity contribution in [1.82, 2.24) is 24.6 Å². The lowest BCUT2D eigenvalue weighted by atomic mass is 9.98. The first-order chi connectivity index (χ1) is 16.5. The number of likely N-dealkylation sites (tertiary alicyclic amines) is 1. The van der Waals surface area contributed by atoms with E-state index in [0.717, 1.165) is 17.7 Å². The molecule has 1 unspecified atom stereocenters. The lowest BCUT2D eigenvalue weighted by molar-refractivity contribution is -0.151. The highest BCUT2D eigenvalue weighted by atomic mass is 32.1. The number of para-hydroxylation sites is 1. The fourth-order valence-electron chi connectivity index (χ4n) is 3.89. The number of hydrogen-bond donors (Lipinski definition) is 0. The minimum Gasteiger partial charge on any atom is -0.466 e.